The summed E-state index contributed by atoms with van der Waals surface area (Å²) in [4.78, 5) is 35.0. The average Bonchev–Trinajstić information content (AvgIpc) is 3.45. The van der Waals surface area contributed by atoms with E-state index in [1.165, 1.54) is 11.3 Å². The van der Waals surface area contributed by atoms with Gasteiger partial charge in [-0.25, -0.2) is 9.78 Å². The summed E-state index contributed by atoms with van der Waals surface area (Å²) in [5, 5.41) is 4.02. The van der Waals surface area contributed by atoms with E-state index < -0.39 is 0 Å². The molecule has 3 amide bonds. The zero-order valence-corrected chi connectivity index (χ0v) is 19.4. The molecule has 0 bridgehead atoms. The van der Waals surface area contributed by atoms with E-state index in [2.05, 4.69) is 15.2 Å². The van der Waals surface area contributed by atoms with Gasteiger partial charge in [0.2, 0.25) is 0 Å². The lowest BCUT2D eigenvalue weighted by atomic mass is 9.81. The summed E-state index contributed by atoms with van der Waals surface area (Å²) in [6, 6.07) is 0.806. The van der Waals surface area contributed by atoms with Crippen LogP contribution in [-0.4, -0.2) is 70.1 Å². The van der Waals surface area contributed by atoms with E-state index in [-0.39, 0.29) is 29.6 Å². The van der Waals surface area contributed by atoms with Crippen LogP contribution in [0, 0.1) is 13.8 Å². The minimum absolute atomic E-state index is 0.0678. The topological polar surface area (TPSA) is 74.8 Å². The Balaban J connectivity index is 1.40. The predicted molar refractivity (Wildman–Crippen MR) is 117 cm³/mol. The summed E-state index contributed by atoms with van der Waals surface area (Å²) in [5.74, 6) is 0.0937. The van der Waals surface area contributed by atoms with Crippen LogP contribution < -0.4 is 5.32 Å². The third kappa shape index (κ3) is 4.49. The second-order valence-electron chi connectivity index (χ2n) is 9.36. The van der Waals surface area contributed by atoms with E-state index >= 15 is 0 Å². The second kappa shape index (κ2) is 8.46. The molecular weight excluding hydrogens is 400 g/mol. The Labute approximate surface area is 183 Å². The van der Waals surface area contributed by atoms with Gasteiger partial charge in [-0.3, -0.25) is 4.79 Å². The number of carbonyl (C=O) groups excluding carboxylic acids is 2. The first-order valence-corrected chi connectivity index (χ1v) is 12.1. The van der Waals surface area contributed by atoms with Crippen molar-refractivity contribution in [3.05, 3.63) is 15.6 Å². The van der Waals surface area contributed by atoms with Crippen LogP contribution in [0.4, 0.5) is 4.79 Å². The molecule has 1 spiro atoms. The maximum Gasteiger partial charge on any atom is 0.318 e. The zero-order valence-electron chi connectivity index (χ0n) is 18.6. The van der Waals surface area contributed by atoms with Gasteiger partial charge in [-0.1, -0.05) is 0 Å². The number of thiazole rings is 1. The second-order valence-corrected chi connectivity index (χ2v) is 10.6. The van der Waals surface area contributed by atoms with E-state index in [4.69, 9.17) is 4.74 Å². The molecule has 7 nitrogen and oxygen atoms in total. The largest absolute Gasteiger partial charge is 0.375 e. The molecule has 8 heteroatoms. The highest BCUT2D eigenvalue weighted by Gasteiger charge is 2.46. The van der Waals surface area contributed by atoms with Crippen LogP contribution >= 0.6 is 11.3 Å². The molecule has 3 heterocycles. The highest BCUT2D eigenvalue weighted by atomic mass is 32.1. The maximum atomic E-state index is 13.0. The summed E-state index contributed by atoms with van der Waals surface area (Å²) < 4.78 is 6.30. The Morgan fingerprint density at radius 3 is 2.47 bits per heavy atom. The molecule has 0 aromatic carbocycles. The predicted octanol–water partition coefficient (Wildman–Crippen LogP) is 3.50. The number of ether oxygens (including phenoxy) is 1. The molecule has 1 unspecified atom stereocenters. The van der Waals surface area contributed by atoms with Crippen molar-refractivity contribution < 1.29 is 14.3 Å². The van der Waals surface area contributed by atoms with Crippen LogP contribution in [0.2, 0.25) is 0 Å². The number of urea groups is 1. The van der Waals surface area contributed by atoms with Gasteiger partial charge in [0.15, 0.2) is 0 Å². The third-order valence-electron chi connectivity index (χ3n) is 6.51. The van der Waals surface area contributed by atoms with Crippen molar-refractivity contribution in [2.24, 2.45) is 0 Å². The highest BCUT2D eigenvalue weighted by molar-refractivity contribution is 7.13. The molecule has 4 rings (SSSR count). The maximum absolute atomic E-state index is 13.0. The first-order valence-electron chi connectivity index (χ1n) is 11.2. The molecule has 1 aromatic rings. The molecule has 3 aliphatic rings. The summed E-state index contributed by atoms with van der Waals surface area (Å²) in [6.07, 6.45) is 5.63. The fourth-order valence-electron chi connectivity index (χ4n) is 4.88. The van der Waals surface area contributed by atoms with Crippen molar-refractivity contribution >= 4 is 23.3 Å². The molecule has 30 heavy (non-hydrogen) atoms. The quantitative estimate of drug-likeness (QED) is 0.787. The van der Waals surface area contributed by atoms with Gasteiger partial charge in [0.1, 0.15) is 4.88 Å². The Morgan fingerprint density at radius 1 is 1.20 bits per heavy atom. The van der Waals surface area contributed by atoms with Crippen molar-refractivity contribution in [3.63, 3.8) is 0 Å². The Morgan fingerprint density at radius 2 is 1.90 bits per heavy atom. The van der Waals surface area contributed by atoms with E-state index in [1.54, 1.807) is 0 Å². The van der Waals surface area contributed by atoms with Crippen molar-refractivity contribution in [3.8, 4) is 0 Å². The molecule has 0 radical (unpaired) electrons. The monoisotopic (exact) mass is 434 g/mol. The number of aryl methyl sites for hydroxylation is 2. The van der Waals surface area contributed by atoms with E-state index in [9.17, 15) is 9.59 Å². The molecule has 1 aliphatic carbocycles. The van der Waals surface area contributed by atoms with Gasteiger partial charge < -0.3 is 19.9 Å². The molecule has 3 fully saturated rings. The Bertz CT molecular complexity index is 796. The van der Waals surface area contributed by atoms with Gasteiger partial charge in [-0.05, 0) is 66.2 Å². The number of nitrogens with zero attached hydrogens (tertiary/aromatic N) is 3. The van der Waals surface area contributed by atoms with Gasteiger partial charge >= 0.3 is 6.03 Å². The Hall–Kier alpha value is -1.67. The zero-order chi connectivity index (χ0) is 21.5. The van der Waals surface area contributed by atoms with Crippen LogP contribution in [0.15, 0.2) is 0 Å². The van der Waals surface area contributed by atoms with Gasteiger partial charge in [0, 0.05) is 37.8 Å². The smallest absolute Gasteiger partial charge is 0.318 e. The van der Waals surface area contributed by atoms with E-state index in [0.29, 0.717) is 25.7 Å². The van der Waals surface area contributed by atoms with Crippen molar-refractivity contribution in [2.75, 3.05) is 19.7 Å². The number of likely N-dealkylation sites (tertiary alicyclic amines) is 1. The first-order chi connectivity index (χ1) is 14.3. The Kier molecular flexibility index (Phi) is 6.08. The van der Waals surface area contributed by atoms with Gasteiger partial charge in [-0.2, -0.15) is 0 Å². The number of nitrogens with one attached hydrogen (secondary N) is 1. The van der Waals surface area contributed by atoms with Crippen LogP contribution in [0.5, 0.6) is 0 Å². The SMILES string of the molecule is Cc1nc(C)c(C(=O)N2CCC3(CC2)CC(N(C(=O)NC(C)C)C2CC2)CCO3)s1. The average molecular weight is 435 g/mol. The molecular formula is C22H34N4O3S. The standard InChI is InChI=1S/C22H34N4O3S/c1-14(2)23-21(28)26(17-5-6-17)18-7-12-29-22(13-18)8-10-25(11-9-22)20(27)19-15(3)24-16(4)30-19/h14,17-18H,5-13H2,1-4H3,(H,23,28). The fourth-order valence-corrected chi connectivity index (χ4v) is 5.77. The van der Waals surface area contributed by atoms with Gasteiger partial charge in [0.05, 0.1) is 16.3 Å². The van der Waals surface area contributed by atoms with Crippen LogP contribution in [0.3, 0.4) is 0 Å². The van der Waals surface area contributed by atoms with E-state index in [1.807, 2.05) is 32.6 Å². The molecule has 1 saturated carbocycles. The number of carbonyl (C=O) groups is 2. The molecule has 2 aliphatic heterocycles. The van der Waals surface area contributed by atoms with Gasteiger partial charge in [0.25, 0.3) is 5.91 Å². The number of hydrogen-bond acceptors (Lipinski definition) is 5. The van der Waals surface area contributed by atoms with Crippen molar-refractivity contribution in [2.45, 2.75) is 89.9 Å². The number of hydrogen-bond donors (Lipinski definition) is 1. The summed E-state index contributed by atoms with van der Waals surface area (Å²) in [5.41, 5.74) is 0.608. The summed E-state index contributed by atoms with van der Waals surface area (Å²) in [6.45, 7) is 9.94. The summed E-state index contributed by atoms with van der Waals surface area (Å²) in [7, 11) is 0. The number of amides is 3. The minimum atomic E-state index is -0.219. The lowest BCUT2D eigenvalue weighted by molar-refractivity contribution is -0.126. The van der Waals surface area contributed by atoms with Crippen molar-refractivity contribution in [1.82, 2.24) is 20.1 Å². The molecule has 1 aromatic heterocycles. The van der Waals surface area contributed by atoms with Crippen LogP contribution in [-0.2, 0) is 4.74 Å². The lowest BCUT2D eigenvalue weighted by Gasteiger charge is -2.48. The van der Waals surface area contributed by atoms with Crippen molar-refractivity contribution in [1.29, 1.82) is 0 Å². The van der Waals surface area contributed by atoms with Crippen LogP contribution in [0.1, 0.15) is 72.7 Å². The molecule has 1 N–H and O–H groups in total. The highest BCUT2D eigenvalue weighted by Crippen LogP contribution is 2.40. The first kappa shape index (κ1) is 21.6. The minimum Gasteiger partial charge on any atom is -0.375 e. The number of rotatable bonds is 4. The molecule has 2 saturated heterocycles. The number of piperidine rings is 1. The normalized spacial score (nSPS) is 23.6. The molecule has 166 valence electrons. The third-order valence-corrected chi connectivity index (χ3v) is 7.57. The van der Waals surface area contributed by atoms with Gasteiger partial charge in [-0.15, -0.1) is 11.3 Å². The fraction of sp³-hybridized carbons (Fsp3) is 0.773. The summed E-state index contributed by atoms with van der Waals surface area (Å²) >= 11 is 1.48. The lowest BCUT2D eigenvalue weighted by Crippen LogP contribution is -2.57. The number of aromatic nitrogens is 1. The van der Waals surface area contributed by atoms with Crippen LogP contribution in [0.25, 0.3) is 0 Å². The van der Waals surface area contributed by atoms with E-state index in [0.717, 1.165) is 54.1 Å². The molecule has 1 atom stereocenters.